The zero-order valence-electron chi connectivity index (χ0n) is 12.2. The molecule has 1 fully saturated rings. The molecule has 0 aliphatic carbocycles. The lowest BCUT2D eigenvalue weighted by Gasteiger charge is -2.38. The van der Waals surface area contributed by atoms with E-state index in [9.17, 15) is 0 Å². The van der Waals surface area contributed by atoms with Crippen LogP contribution in [0, 0.1) is 0 Å². The topological polar surface area (TPSA) is 15.7 Å². The van der Waals surface area contributed by atoms with E-state index in [-0.39, 0.29) is 0 Å². The molecular formula is C16H26N2O. The number of nitrogens with zero attached hydrogens (tertiary/aromatic N) is 2. The predicted octanol–water partition coefficient (Wildman–Crippen LogP) is 2.23. The molecule has 19 heavy (non-hydrogen) atoms. The van der Waals surface area contributed by atoms with E-state index in [0.717, 1.165) is 45.9 Å². The minimum Gasteiger partial charge on any atom is -0.378 e. The van der Waals surface area contributed by atoms with Crippen molar-refractivity contribution >= 4 is 0 Å². The van der Waals surface area contributed by atoms with Crippen molar-refractivity contribution in [2.24, 2.45) is 0 Å². The smallest absolute Gasteiger partial charge is 0.0635 e. The summed E-state index contributed by atoms with van der Waals surface area (Å²) in [5.74, 6) is 0. The summed E-state index contributed by atoms with van der Waals surface area (Å²) in [5, 5.41) is 0. The van der Waals surface area contributed by atoms with Gasteiger partial charge in [0.2, 0.25) is 0 Å². The minimum atomic E-state index is 0.522. The number of hydrogen-bond acceptors (Lipinski definition) is 3. The molecular weight excluding hydrogens is 236 g/mol. The average Bonchev–Trinajstić information content (AvgIpc) is 2.47. The van der Waals surface area contributed by atoms with Crippen LogP contribution in [-0.4, -0.2) is 55.2 Å². The number of hydrogen-bond donors (Lipinski definition) is 0. The van der Waals surface area contributed by atoms with Crippen LogP contribution in [0.2, 0.25) is 0 Å². The van der Waals surface area contributed by atoms with Crippen molar-refractivity contribution < 1.29 is 4.74 Å². The van der Waals surface area contributed by atoms with Crippen molar-refractivity contribution in [3.8, 4) is 0 Å². The molecule has 1 aromatic carbocycles. The van der Waals surface area contributed by atoms with Gasteiger partial charge in [-0.05, 0) is 18.7 Å². The van der Waals surface area contributed by atoms with Gasteiger partial charge in [-0.15, -0.1) is 0 Å². The van der Waals surface area contributed by atoms with Gasteiger partial charge in [0.05, 0.1) is 13.2 Å². The number of morpholine rings is 1. The Bertz CT molecular complexity index is 351. The summed E-state index contributed by atoms with van der Waals surface area (Å²) in [5.41, 5.74) is 1.40. The number of ether oxygens (including phenoxy) is 1. The van der Waals surface area contributed by atoms with E-state index in [0.29, 0.717) is 6.04 Å². The molecule has 106 valence electrons. The van der Waals surface area contributed by atoms with Crippen LogP contribution in [0.4, 0.5) is 0 Å². The van der Waals surface area contributed by atoms with Gasteiger partial charge < -0.3 is 9.64 Å². The van der Waals surface area contributed by atoms with Gasteiger partial charge in [-0.2, -0.15) is 0 Å². The summed E-state index contributed by atoms with van der Waals surface area (Å²) in [6.07, 6.45) is 0. The van der Waals surface area contributed by atoms with Crippen molar-refractivity contribution in [2.75, 3.05) is 39.4 Å². The lowest BCUT2D eigenvalue weighted by atomic mass is 10.1. The second-order valence-corrected chi connectivity index (χ2v) is 5.17. The highest BCUT2D eigenvalue weighted by Gasteiger charge is 2.24. The van der Waals surface area contributed by atoms with Crippen molar-refractivity contribution in [2.45, 2.75) is 26.4 Å². The lowest BCUT2D eigenvalue weighted by Crippen LogP contribution is -2.50. The van der Waals surface area contributed by atoms with Gasteiger partial charge in [-0.3, -0.25) is 4.90 Å². The second kappa shape index (κ2) is 7.63. The molecule has 0 aromatic heterocycles. The van der Waals surface area contributed by atoms with Crippen LogP contribution >= 0.6 is 0 Å². The number of likely N-dealkylation sites (N-methyl/N-ethyl adjacent to an activating group) is 1. The van der Waals surface area contributed by atoms with E-state index in [2.05, 4.69) is 54.0 Å². The summed E-state index contributed by atoms with van der Waals surface area (Å²) < 4.78 is 5.67. The monoisotopic (exact) mass is 262 g/mol. The Hall–Kier alpha value is -0.900. The molecule has 0 radical (unpaired) electrons. The van der Waals surface area contributed by atoms with Crippen LogP contribution in [-0.2, 0) is 11.3 Å². The van der Waals surface area contributed by atoms with Gasteiger partial charge in [-0.1, -0.05) is 44.2 Å². The zero-order chi connectivity index (χ0) is 13.5. The van der Waals surface area contributed by atoms with Crippen LogP contribution in [0.1, 0.15) is 19.4 Å². The normalized spacial score (nSPS) is 20.9. The molecule has 3 heteroatoms. The van der Waals surface area contributed by atoms with E-state index >= 15 is 0 Å². The highest BCUT2D eigenvalue weighted by Crippen LogP contribution is 2.13. The second-order valence-electron chi connectivity index (χ2n) is 5.17. The Kier molecular flexibility index (Phi) is 5.83. The van der Waals surface area contributed by atoms with Gasteiger partial charge in [0.1, 0.15) is 0 Å². The fraction of sp³-hybridized carbons (Fsp3) is 0.625. The standard InChI is InChI=1S/C16H26N2O/c1-3-17(4-2)13-16-14-19-11-10-18(16)12-15-8-6-5-7-9-15/h5-9,16H,3-4,10-14H2,1-2H3. The molecule has 1 atom stereocenters. The highest BCUT2D eigenvalue weighted by molar-refractivity contribution is 5.14. The quantitative estimate of drug-likeness (QED) is 0.782. The third kappa shape index (κ3) is 4.30. The molecule has 3 nitrogen and oxygen atoms in total. The Balaban J connectivity index is 1.95. The fourth-order valence-corrected chi connectivity index (χ4v) is 2.66. The Morgan fingerprint density at radius 1 is 1.21 bits per heavy atom. The van der Waals surface area contributed by atoms with Crippen LogP contribution in [0.15, 0.2) is 30.3 Å². The fourth-order valence-electron chi connectivity index (χ4n) is 2.66. The van der Waals surface area contributed by atoms with E-state index in [1.54, 1.807) is 0 Å². The van der Waals surface area contributed by atoms with Gasteiger partial charge in [0.15, 0.2) is 0 Å². The van der Waals surface area contributed by atoms with Gasteiger partial charge >= 0.3 is 0 Å². The Morgan fingerprint density at radius 3 is 2.63 bits per heavy atom. The third-order valence-corrected chi connectivity index (χ3v) is 3.94. The van der Waals surface area contributed by atoms with Crippen molar-refractivity contribution in [3.05, 3.63) is 35.9 Å². The minimum absolute atomic E-state index is 0.522. The third-order valence-electron chi connectivity index (χ3n) is 3.94. The van der Waals surface area contributed by atoms with Crippen LogP contribution in [0.25, 0.3) is 0 Å². The molecule has 1 unspecified atom stereocenters. The summed E-state index contributed by atoms with van der Waals surface area (Å²) in [6.45, 7) is 11.6. The molecule has 0 spiro atoms. The van der Waals surface area contributed by atoms with E-state index in [1.807, 2.05) is 0 Å². The predicted molar refractivity (Wildman–Crippen MR) is 79.2 cm³/mol. The summed E-state index contributed by atoms with van der Waals surface area (Å²) in [6, 6.07) is 11.3. The van der Waals surface area contributed by atoms with Gasteiger partial charge in [0, 0.05) is 25.7 Å². The van der Waals surface area contributed by atoms with Gasteiger partial charge in [-0.25, -0.2) is 0 Å². The summed E-state index contributed by atoms with van der Waals surface area (Å²) in [4.78, 5) is 5.05. The lowest BCUT2D eigenvalue weighted by molar-refractivity contribution is -0.0230. The maximum absolute atomic E-state index is 5.67. The van der Waals surface area contributed by atoms with E-state index in [4.69, 9.17) is 4.74 Å². The van der Waals surface area contributed by atoms with Crippen molar-refractivity contribution in [3.63, 3.8) is 0 Å². The zero-order valence-corrected chi connectivity index (χ0v) is 12.2. The Morgan fingerprint density at radius 2 is 1.95 bits per heavy atom. The van der Waals surface area contributed by atoms with Crippen molar-refractivity contribution in [1.82, 2.24) is 9.80 Å². The molecule has 0 bridgehead atoms. The van der Waals surface area contributed by atoms with Crippen molar-refractivity contribution in [1.29, 1.82) is 0 Å². The number of rotatable bonds is 6. The molecule has 0 amide bonds. The molecule has 1 saturated heterocycles. The van der Waals surface area contributed by atoms with E-state index < -0.39 is 0 Å². The van der Waals surface area contributed by atoms with Crippen LogP contribution < -0.4 is 0 Å². The molecule has 1 aromatic rings. The molecule has 1 aliphatic heterocycles. The first-order valence-electron chi connectivity index (χ1n) is 7.41. The average molecular weight is 262 g/mol. The molecule has 0 saturated carbocycles. The van der Waals surface area contributed by atoms with Gasteiger partial charge in [0.25, 0.3) is 0 Å². The Labute approximate surface area is 117 Å². The largest absolute Gasteiger partial charge is 0.378 e. The summed E-state index contributed by atoms with van der Waals surface area (Å²) >= 11 is 0. The maximum Gasteiger partial charge on any atom is 0.0635 e. The first-order valence-corrected chi connectivity index (χ1v) is 7.41. The highest BCUT2D eigenvalue weighted by atomic mass is 16.5. The maximum atomic E-state index is 5.67. The first-order chi connectivity index (χ1) is 9.33. The SMILES string of the molecule is CCN(CC)CC1COCCN1Cc1ccccc1. The van der Waals surface area contributed by atoms with Crippen LogP contribution in [0.5, 0.6) is 0 Å². The van der Waals surface area contributed by atoms with Crippen LogP contribution in [0.3, 0.4) is 0 Å². The number of benzene rings is 1. The van der Waals surface area contributed by atoms with E-state index in [1.165, 1.54) is 5.56 Å². The molecule has 0 N–H and O–H groups in total. The first kappa shape index (κ1) is 14.5. The molecule has 2 rings (SSSR count). The summed E-state index contributed by atoms with van der Waals surface area (Å²) in [7, 11) is 0. The molecule has 1 aliphatic rings. The molecule has 1 heterocycles.